The van der Waals surface area contributed by atoms with Gasteiger partial charge in [-0.15, -0.1) is 11.3 Å². The van der Waals surface area contributed by atoms with Gasteiger partial charge in [0.1, 0.15) is 0 Å². The molecule has 270 valence electrons. The maximum absolute atomic E-state index is 14.5. The Hall–Kier alpha value is -3.73. The number of rotatable bonds is 15. The van der Waals surface area contributed by atoms with Gasteiger partial charge in [-0.3, -0.25) is 9.69 Å². The summed E-state index contributed by atoms with van der Waals surface area (Å²) in [6, 6.07) is 15.5. The number of benzene rings is 2. The molecule has 2 fully saturated rings. The molecule has 0 radical (unpaired) electrons. The van der Waals surface area contributed by atoms with Crippen molar-refractivity contribution in [1.82, 2.24) is 14.5 Å². The second-order valence-electron chi connectivity index (χ2n) is 13.6. The van der Waals surface area contributed by atoms with E-state index in [0.29, 0.717) is 36.6 Å². The summed E-state index contributed by atoms with van der Waals surface area (Å²) < 4.78 is 52.5. The molecule has 0 unspecified atom stereocenters. The number of carbonyl (C=O) groups excluding carboxylic acids is 1. The highest BCUT2D eigenvalue weighted by Crippen LogP contribution is 2.38. The first-order chi connectivity index (χ1) is 23.9. The van der Waals surface area contributed by atoms with Crippen LogP contribution in [0.5, 0.6) is 11.5 Å². The normalized spacial score (nSPS) is 21.2. The molecular weight excluding hydrogens is 687 g/mol. The molecule has 3 N–H and O–H groups in total. The van der Waals surface area contributed by atoms with Crippen LogP contribution in [0.4, 0.5) is 4.79 Å². The molecule has 3 aliphatic heterocycles. The van der Waals surface area contributed by atoms with Crippen LogP contribution in [0, 0.1) is 11.3 Å². The highest BCUT2D eigenvalue weighted by atomic mass is 32.2. The van der Waals surface area contributed by atoms with Crippen molar-refractivity contribution in [3.63, 3.8) is 0 Å². The largest absolute Gasteiger partial charge is 0.465 e. The van der Waals surface area contributed by atoms with Gasteiger partial charge in [0.15, 0.2) is 17.8 Å². The average molecular weight is 730 g/mol. The van der Waals surface area contributed by atoms with E-state index in [2.05, 4.69) is 5.32 Å². The number of aliphatic hydroxyl groups excluding tert-OH is 1. The summed E-state index contributed by atoms with van der Waals surface area (Å²) in [6.07, 6.45) is -2.04. The molecule has 0 aliphatic carbocycles. The van der Waals surface area contributed by atoms with Gasteiger partial charge in [0.25, 0.3) is 5.91 Å². The molecule has 4 heterocycles. The number of amides is 2. The fourth-order valence-corrected chi connectivity index (χ4v) is 9.17. The minimum Gasteiger partial charge on any atom is -0.465 e. The number of thiophene rings is 1. The molecule has 3 aromatic rings. The Morgan fingerprint density at radius 3 is 2.58 bits per heavy atom. The second kappa shape index (κ2) is 15.3. The third-order valence-corrected chi connectivity index (χ3v) is 12.2. The van der Waals surface area contributed by atoms with E-state index in [0.717, 1.165) is 5.56 Å². The van der Waals surface area contributed by atoms with E-state index in [1.165, 1.54) is 38.7 Å². The molecule has 6 rings (SSSR count). The molecule has 5 atom stereocenters. The van der Waals surface area contributed by atoms with Gasteiger partial charge in [-0.1, -0.05) is 50.2 Å². The number of hydrogen-bond acceptors (Lipinski definition) is 10. The van der Waals surface area contributed by atoms with E-state index in [9.17, 15) is 28.2 Å². The number of ether oxygens (including phenoxy) is 4. The fraction of sp³-hybridized carbons (Fsp3) is 0.486. The smallest absolute Gasteiger partial charge is 0.407 e. The van der Waals surface area contributed by atoms with Crippen LogP contribution in [0.3, 0.4) is 0 Å². The van der Waals surface area contributed by atoms with Gasteiger partial charge in [-0.2, -0.15) is 4.31 Å². The molecule has 0 spiro atoms. The van der Waals surface area contributed by atoms with Crippen LogP contribution < -0.4 is 14.8 Å². The zero-order valence-electron chi connectivity index (χ0n) is 28.0. The number of nitrogens with one attached hydrogen (secondary N) is 1. The third kappa shape index (κ3) is 8.08. The fourth-order valence-electron chi connectivity index (χ4n) is 6.86. The van der Waals surface area contributed by atoms with Crippen molar-refractivity contribution in [3.05, 3.63) is 76.5 Å². The maximum Gasteiger partial charge on any atom is 0.407 e. The van der Waals surface area contributed by atoms with Gasteiger partial charge < -0.3 is 34.5 Å². The first-order valence-electron chi connectivity index (χ1n) is 16.6. The standard InChI is InChI=1S/C35H43N3O10S2/c1-35(2,13-14-36-32(40)31-9-6-16-49-31)21-37(50(43,44)24-10-11-29-30(18-24)48-22-47-29)19-28(39)26(17-23-7-4-3-5-8-23)38(34(41)42)27-20-46-33-25(27)12-15-45-33/h3-11,16,18,25-28,33,39H,12-15,17,19-22H2,1-2H3,(H,36,40)(H,41,42)/t25-,26-,27-,28+,33+/m0/s1. The van der Waals surface area contributed by atoms with E-state index < -0.39 is 52.6 Å². The monoisotopic (exact) mass is 729 g/mol. The molecule has 50 heavy (non-hydrogen) atoms. The number of nitrogens with zero attached hydrogens (tertiary/aromatic N) is 2. The second-order valence-corrected chi connectivity index (χ2v) is 16.5. The maximum atomic E-state index is 14.5. The third-order valence-electron chi connectivity index (χ3n) is 9.48. The molecule has 3 aliphatic rings. The summed E-state index contributed by atoms with van der Waals surface area (Å²) in [5, 5.41) is 27.5. The topological polar surface area (TPSA) is 164 Å². The van der Waals surface area contributed by atoms with Gasteiger partial charge >= 0.3 is 6.09 Å². The zero-order valence-corrected chi connectivity index (χ0v) is 29.6. The quantitative estimate of drug-likeness (QED) is 0.208. The average Bonchev–Trinajstić information content (AvgIpc) is 3.90. The number of carbonyl (C=O) groups is 2. The van der Waals surface area contributed by atoms with Gasteiger partial charge in [0.05, 0.1) is 41.2 Å². The molecule has 2 aromatic carbocycles. The van der Waals surface area contributed by atoms with Crippen molar-refractivity contribution in [1.29, 1.82) is 0 Å². The van der Waals surface area contributed by atoms with E-state index in [1.807, 2.05) is 49.6 Å². The van der Waals surface area contributed by atoms with Crippen molar-refractivity contribution < 1.29 is 47.2 Å². The highest BCUT2D eigenvalue weighted by molar-refractivity contribution is 7.89. The number of sulfonamides is 1. The first kappa shape index (κ1) is 36.1. The Balaban J connectivity index is 1.29. The Labute approximate surface area is 295 Å². The Morgan fingerprint density at radius 1 is 1.06 bits per heavy atom. The number of aliphatic hydroxyl groups is 1. The van der Waals surface area contributed by atoms with Gasteiger partial charge in [0, 0.05) is 31.6 Å². The highest BCUT2D eigenvalue weighted by Gasteiger charge is 2.49. The number of fused-ring (bicyclic) bond motifs is 2. The number of carboxylic acid groups (broad SMARTS) is 1. The van der Waals surface area contributed by atoms with E-state index in [1.54, 1.807) is 12.1 Å². The van der Waals surface area contributed by atoms with Crippen LogP contribution in [0.25, 0.3) is 0 Å². The van der Waals surface area contributed by atoms with Crippen molar-refractivity contribution in [2.45, 2.75) is 62.5 Å². The summed E-state index contributed by atoms with van der Waals surface area (Å²) in [5.41, 5.74) is 0.106. The lowest BCUT2D eigenvalue weighted by Crippen LogP contribution is -2.58. The zero-order chi connectivity index (χ0) is 35.5. The predicted octanol–water partition coefficient (Wildman–Crippen LogP) is 4.03. The van der Waals surface area contributed by atoms with E-state index in [-0.39, 0.29) is 48.8 Å². The summed E-state index contributed by atoms with van der Waals surface area (Å²) in [7, 11) is -4.27. The van der Waals surface area contributed by atoms with Crippen LogP contribution in [0.1, 0.15) is 41.9 Å². The van der Waals surface area contributed by atoms with Crippen LogP contribution in [0.15, 0.2) is 70.9 Å². The SMILES string of the molecule is CC(C)(CCNC(=O)c1cccs1)CN(C[C@@H](O)[C@H](Cc1ccccc1)N(C(=O)O)[C@H]1CO[C@H]2OCC[C@H]21)S(=O)(=O)c1ccc2c(c1)OCO2. The Bertz CT molecular complexity index is 1740. The molecule has 1 aromatic heterocycles. The van der Waals surface area contributed by atoms with Crippen LogP contribution in [0.2, 0.25) is 0 Å². The van der Waals surface area contributed by atoms with Crippen molar-refractivity contribution in [2.75, 3.05) is 39.6 Å². The van der Waals surface area contributed by atoms with Gasteiger partial charge in [-0.25, -0.2) is 13.2 Å². The molecular formula is C35H43N3O10S2. The molecule has 2 saturated heterocycles. The summed E-state index contributed by atoms with van der Waals surface area (Å²) in [5.74, 6) is 0.286. The molecule has 0 bridgehead atoms. The lowest BCUT2D eigenvalue weighted by atomic mass is 9.89. The van der Waals surface area contributed by atoms with Crippen LogP contribution >= 0.6 is 11.3 Å². The lowest BCUT2D eigenvalue weighted by Gasteiger charge is -2.40. The Kier molecular flexibility index (Phi) is 11.0. The van der Waals surface area contributed by atoms with Gasteiger partial charge in [-0.05, 0) is 53.8 Å². The van der Waals surface area contributed by atoms with Crippen LogP contribution in [-0.2, 0) is 25.9 Å². The minimum atomic E-state index is -4.27. The van der Waals surface area contributed by atoms with Crippen molar-refractivity contribution >= 4 is 33.4 Å². The summed E-state index contributed by atoms with van der Waals surface area (Å²) >= 11 is 1.33. The first-order valence-corrected chi connectivity index (χ1v) is 18.9. The van der Waals surface area contributed by atoms with E-state index >= 15 is 0 Å². The minimum absolute atomic E-state index is 0.0323. The van der Waals surface area contributed by atoms with E-state index in [4.69, 9.17) is 18.9 Å². The summed E-state index contributed by atoms with van der Waals surface area (Å²) in [6.45, 7) is 4.14. The molecule has 13 nitrogen and oxygen atoms in total. The molecule has 0 saturated carbocycles. The Morgan fingerprint density at radius 2 is 1.84 bits per heavy atom. The predicted molar refractivity (Wildman–Crippen MR) is 184 cm³/mol. The number of hydrogen-bond donors (Lipinski definition) is 3. The summed E-state index contributed by atoms with van der Waals surface area (Å²) in [4.78, 5) is 27.4. The van der Waals surface area contributed by atoms with Crippen molar-refractivity contribution in [2.24, 2.45) is 11.3 Å². The lowest BCUT2D eigenvalue weighted by molar-refractivity contribution is -0.0906. The van der Waals surface area contributed by atoms with Gasteiger partial charge in [0.2, 0.25) is 16.8 Å². The molecule has 15 heteroatoms. The molecule has 2 amide bonds. The van der Waals surface area contributed by atoms with Crippen LogP contribution in [-0.4, -0.2) is 104 Å². The van der Waals surface area contributed by atoms with Crippen molar-refractivity contribution in [3.8, 4) is 11.5 Å².